The highest BCUT2D eigenvalue weighted by molar-refractivity contribution is 6.11. The SMILES string of the molecule is CCN1c2ncccc2C(=O)Nc2c(C)cc(OC)nc21. The van der Waals surface area contributed by atoms with Crippen LogP contribution in [-0.4, -0.2) is 29.5 Å². The monoisotopic (exact) mass is 284 g/mol. The number of amides is 1. The predicted octanol–water partition coefficient (Wildman–Crippen LogP) is 2.52. The Balaban J connectivity index is 2.28. The molecule has 6 heteroatoms. The number of pyridine rings is 2. The van der Waals surface area contributed by atoms with Gasteiger partial charge in [0.2, 0.25) is 5.88 Å². The third-order valence-corrected chi connectivity index (χ3v) is 3.48. The molecule has 0 radical (unpaired) electrons. The van der Waals surface area contributed by atoms with E-state index in [2.05, 4.69) is 15.3 Å². The number of rotatable bonds is 2. The molecule has 0 aromatic carbocycles. The van der Waals surface area contributed by atoms with Crippen LogP contribution in [0, 0.1) is 6.92 Å². The molecular weight excluding hydrogens is 268 g/mol. The van der Waals surface area contributed by atoms with E-state index in [9.17, 15) is 4.79 Å². The molecule has 3 heterocycles. The normalized spacial score (nSPS) is 13.1. The first-order valence-electron chi connectivity index (χ1n) is 6.75. The zero-order valence-electron chi connectivity index (χ0n) is 12.2. The average molecular weight is 284 g/mol. The van der Waals surface area contributed by atoms with Crippen molar-refractivity contribution in [2.75, 3.05) is 23.9 Å². The van der Waals surface area contributed by atoms with E-state index in [4.69, 9.17) is 4.74 Å². The van der Waals surface area contributed by atoms with Crippen molar-refractivity contribution in [3.8, 4) is 5.88 Å². The van der Waals surface area contributed by atoms with Crippen molar-refractivity contribution >= 4 is 23.2 Å². The molecule has 3 rings (SSSR count). The second-order valence-electron chi connectivity index (χ2n) is 4.75. The Hall–Kier alpha value is -2.63. The van der Waals surface area contributed by atoms with Crippen molar-refractivity contribution in [3.63, 3.8) is 0 Å². The van der Waals surface area contributed by atoms with E-state index in [-0.39, 0.29) is 5.91 Å². The number of ether oxygens (including phenoxy) is 1. The summed E-state index contributed by atoms with van der Waals surface area (Å²) in [7, 11) is 1.58. The first-order chi connectivity index (χ1) is 10.2. The molecule has 0 bridgehead atoms. The van der Waals surface area contributed by atoms with Gasteiger partial charge in [-0.1, -0.05) is 0 Å². The quantitative estimate of drug-likeness (QED) is 0.917. The Morgan fingerprint density at radius 2 is 2.19 bits per heavy atom. The summed E-state index contributed by atoms with van der Waals surface area (Å²) in [6.45, 7) is 4.56. The second kappa shape index (κ2) is 5.05. The Morgan fingerprint density at radius 3 is 2.90 bits per heavy atom. The zero-order chi connectivity index (χ0) is 15.0. The Labute approximate surface area is 122 Å². The highest BCUT2D eigenvalue weighted by Crippen LogP contribution is 2.38. The standard InChI is InChI=1S/C15H16N4O2/c1-4-19-13-10(6-5-7-16-13)15(20)18-12-9(2)8-11(21-3)17-14(12)19/h5-8H,4H2,1-3H3,(H,18,20). The molecule has 0 saturated carbocycles. The van der Waals surface area contributed by atoms with Crippen LogP contribution in [0.5, 0.6) is 5.88 Å². The van der Waals surface area contributed by atoms with E-state index in [1.54, 1.807) is 31.5 Å². The molecule has 1 N–H and O–H groups in total. The van der Waals surface area contributed by atoms with Crippen molar-refractivity contribution in [2.24, 2.45) is 0 Å². The maximum Gasteiger partial charge on any atom is 0.259 e. The largest absolute Gasteiger partial charge is 0.481 e. The summed E-state index contributed by atoms with van der Waals surface area (Å²) >= 11 is 0. The molecule has 1 aliphatic heterocycles. The maximum atomic E-state index is 12.4. The fraction of sp³-hybridized carbons (Fsp3) is 0.267. The number of aryl methyl sites for hydroxylation is 1. The third kappa shape index (κ3) is 2.08. The number of carbonyl (C=O) groups excluding carboxylic acids is 1. The fourth-order valence-corrected chi connectivity index (χ4v) is 2.45. The van der Waals surface area contributed by atoms with Crippen molar-refractivity contribution < 1.29 is 9.53 Å². The van der Waals surface area contributed by atoms with E-state index in [1.165, 1.54) is 0 Å². The molecule has 0 unspecified atom stereocenters. The molecule has 0 saturated heterocycles. The summed E-state index contributed by atoms with van der Waals surface area (Å²) in [6.07, 6.45) is 1.67. The molecule has 108 valence electrons. The fourth-order valence-electron chi connectivity index (χ4n) is 2.45. The number of nitrogens with zero attached hydrogens (tertiary/aromatic N) is 3. The Kier molecular flexibility index (Phi) is 3.21. The number of anilines is 3. The molecule has 1 amide bonds. The van der Waals surface area contributed by atoms with Crippen LogP contribution in [0.3, 0.4) is 0 Å². The van der Waals surface area contributed by atoms with Crippen LogP contribution in [0.15, 0.2) is 24.4 Å². The van der Waals surface area contributed by atoms with Crippen LogP contribution in [0.2, 0.25) is 0 Å². The highest BCUT2D eigenvalue weighted by Gasteiger charge is 2.28. The molecule has 0 spiro atoms. The number of methoxy groups -OCH3 is 1. The van der Waals surface area contributed by atoms with E-state index in [1.807, 2.05) is 18.7 Å². The van der Waals surface area contributed by atoms with Crippen molar-refractivity contribution in [3.05, 3.63) is 35.5 Å². The summed E-state index contributed by atoms with van der Waals surface area (Å²) in [5, 5.41) is 2.92. The molecule has 1 aliphatic rings. The first kappa shape index (κ1) is 13.4. The molecule has 0 fully saturated rings. The predicted molar refractivity (Wildman–Crippen MR) is 80.4 cm³/mol. The second-order valence-corrected chi connectivity index (χ2v) is 4.75. The lowest BCUT2D eigenvalue weighted by Crippen LogP contribution is -2.20. The van der Waals surface area contributed by atoms with Gasteiger partial charge in [0.15, 0.2) is 5.82 Å². The van der Waals surface area contributed by atoms with Crippen molar-refractivity contribution in [2.45, 2.75) is 13.8 Å². The van der Waals surface area contributed by atoms with Gasteiger partial charge in [0.25, 0.3) is 5.91 Å². The van der Waals surface area contributed by atoms with Crippen molar-refractivity contribution in [1.29, 1.82) is 0 Å². The Bertz CT molecular complexity index is 715. The van der Waals surface area contributed by atoms with E-state index in [0.29, 0.717) is 35.3 Å². The Morgan fingerprint density at radius 1 is 1.38 bits per heavy atom. The van der Waals surface area contributed by atoms with Crippen LogP contribution in [0.25, 0.3) is 0 Å². The molecule has 0 aliphatic carbocycles. The molecular formula is C15H16N4O2. The summed E-state index contributed by atoms with van der Waals surface area (Å²) in [5.41, 5.74) is 2.13. The van der Waals surface area contributed by atoms with Gasteiger partial charge in [-0.2, -0.15) is 4.98 Å². The van der Waals surface area contributed by atoms with Gasteiger partial charge in [-0.05, 0) is 31.5 Å². The van der Waals surface area contributed by atoms with Crippen LogP contribution < -0.4 is 15.0 Å². The molecule has 0 atom stereocenters. The van der Waals surface area contributed by atoms with E-state index < -0.39 is 0 Å². The lowest BCUT2D eigenvalue weighted by atomic mass is 10.2. The molecule has 6 nitrogen and oxygen atoms in total. The third-order valence-electron chi connectivity index (χ3n) is 3.48. The average Bonchev–Trinajstić information content (AvgIpc) is 2.62. The minimum Gasteiger partial charge on any atom is -0.481 e. The topological polar surface area (TPSA) is 67.4 Å². The number of fused-ring (bicyclic) bond motifs is 2. The lowest BCUT2D eigenvalue weighted by molar-refractivity contribution is 0.102. The summed E-state index contributed by atoms with van der Waals surface area (Å²) in [4.78, 5) is 23.2. The molecule has 2 aromatic heterocycles. The summed E-state index contributed by atoms with van der Waals surface area (Å²) < 4.78 is 5.24. The van der Waals surface area contributed by atoms with Crippen LogP contribution >= 0.6 is 0 Å². The van der Waals surface area contributed by atoms with Gasteiger partial charge < -0.3 is 15.0 Å². The maximum absolute atomic E-state index is 12.4. The van der Waals surface area contributed by atoms with Gasteiger partial charge in [-0.15, -0.1) is 0 Å². The van der Waals surface area contributed by atoms with Gasteiger partial charge in [0.1, 0.15) is 5.82 Å². The summed E-state index contributed by atoms with van der Waals surface area (Å²) in [6, 6.07) is 5.32. The van der Waals surface area contributed by atoms with Crippen LogP contribution in [0.4, 0.5) is 17.3 Å². The van der Waals surface area contributed by atoms with E-state index in [0.717, 1.165) is 5.56 Å². The van der Waals surface area contributed by atoms with Crippen LogP contribution in [-0.2, 0) is 0 Å². The van der Waals surface area contributed by atoms with Gasteiger partial charge in [-0.3, -0.25) is 4.79 Å². The molecule has 2 aromatic rings. The number of hydrogen-bond acceptors (Lipinski definition) is 5. The first-order valence-corrected chi connectivity index (χ1v) is 6.75. The van der Waals surface area contributed by atoms with Crippen LogP contribution in [0.1, 0.15) is 22.8 Å². The lowest BCUT2D eigenvalue weighted by Gasteiger charge is -2.22. The number of hydrogen-bond donors (Lipinski definition) is 1. The minimum absolute atomic E-state index is 0.176. The van der Waals surface area contributed by atoms with Gasteiger partial charge in [-0.25, -0.2) is 4.98 Å². The van der Waals surface area contributed by atoms with E-state index >= 15 is 0 Å². The number of nitrogens with one attached hydrogen (secondary N) is 1. The summed E-state index contributed by atoms with van der Waals surface area (Å²) in [5.74, 6) is 1.60. The smallest absolute Gasteiger partial charge is 0.259 e. The number of aromatic nitrogens is 2. The number of carbonyl (C=O) groups is 1. The van der Waals surface area contributed by atoms with Gasteiger partial charge in [0, 0.05) is 18.8 Å². The van der Waals surface area contributed by atoms with Gasteiger partial charge >= 0.3 is 0 Å². The molecule has 21 heavy (non-hydrogen) atoms. The zero-order valence-corrected chi connectivity index (χ0v) is 12.2. The van der Waals surface area contributed by atoms with Crippen molar-refractivity contribution in [1.82, 2.24) is 9.97 Å². The van der Waals surface area contributed by atoms with Gasteiger partial charge in [0.05, 0.1) is 18.4 Å². The highest BCUT2D eigenvalue weighted by atomic mass is 16.5. The minimum atomic E-state index is -0.176.